The van der Waals surface area contributed by atoms with Crippen LogP contribution in [0.5, 0.6) is 5.75 Å². The van der Waals surface area contributed by atoms with Crippen molar-refractivity contribution in [2.75, 3.05) is 7.11 Å². The molecule has 0 aliphatic heterocycles. The number of nitrogens with zero attached hydrogens (tertiary/aromatic N) is 2. The van der Waals surface area contributed by atoms with Crippen LogP contribution in [0.2, 0.25) is 0 Å². The van der Waals surface area contributed by atoms with E-state index >= 15 is 0 Å². The maximum Gasteiger partial charge on any atom is 0.313 e. The number of hydrogen-bond acceptors (Lipinski definition) is 4. The van der Waals surface area contributed by atoms with Crippen LogP contribution in [0.25, 0.3) is 10.9 Å². The zero-order valence-corrected chi connectivity index (χ0v) is 8.01. The number of rotatable bonds is 2. The summed E-state index contributed by atoms with van der Waals surface area (Å²) in [5, 5.41) is 11.5. The van der Waals surface area contributed by atoms with Crippen LogP contribution in [0, 0.1) is 10.1 Å². The van der Waals surface area contributed by atoms with Crippen molar-refractivity contribution >= 4 is 16.6 Å². The first-order chi connectivity index (χ1) is 7.22. The Morgan fingerprint density at radius 3 is 2.93 bits per heavy atom. The van der Waals surface area contributed by atoms with E-state index in [0.717, 1.165) is 5.39 Å². The molecule has 0 radical (unpaired) electrons. The summed E-state index contributed by atoms with van der Waals surface area (Å²) in [6.07, 6.45) is 1.60. The first kappa shape index (κ1) is 9.39. The van der Waals surface area contributed by atoms with Crippen molar-refractivity contribution in [2.24, 2.45) is 0 Å². The fourth-order valence-electron chi connectivity index (χ4n) is 1.39. The van der Waals surface area contributed by atoms with E-state index in [-0.39, 0.29) is 11.4 Å². The third kappa shape index (κ3) is 1.59. The fraction of sp³-hybridized carbons (Fsp3) is 0.100. The number of methoxy groups -OCH3 is 1. The molecule has 5 heteroatoms. The molecular weight excluding hydrogens is 196 g/mol. The second-order valence-corrected chi connectivity index (χ2v) is 2.98. The lowest BCUT2D eigenvalue weighted by Crippen LogP contribution is -1.94. The lowest BCUT2D eigenvalue weighted by Gasteiger charge is -2.02. The molecule has 0 N–H and O–H groups in total. The van der Waals surface area contributed by atoms with Crippen molar-refractivity contribution in [3.8, 4) is 5.75 Å². The number of pyridine rings is 1. The van der Waals surface area contributed by atoms with Gasteiger partial charge < -0.3 is 4.74 Å². The minimum Gasteiger partial charge on any atom is -0.490 e. The van der Waals surface area contributed by atoms with Crippen molar-refractivity contribution < 1.29 is 9.66 Å². The lowest BCUT2D eigenvalue weighted by atomic mass is 10.2. The Kier molecular flexibility index (Phi) is 2.21. The van der Waals surface area contributed by atoms with E-state index in [1.807, 2.05) is 6.07 Å². The van der Waals surface area contributed by atoms with E-state index in [2.05, 4.69) is 4.98 Å². The minimum atomic E-state index is -0.479. The SMILES string of the molecule is COc1cc2cccnc2cc1[N+](=O)[O-]. The number of ether oxygens (including phenoxy) is 1. The molecular formula is C10H8N2O3. The highest BCUT2D eigenvalue weighted by atomic mass is 16.6. The van der Waals surface area contributed by atoms with E-state index in [4.69, 9.17) is 4.74 Å². The van der Waals surface area contributed by atoms with Crippen LogP contribution in [-0.4, -0.2) is 17.0 Å². The van der Waals surface area contributed by atoms with E-state index in [0.29, 0.717) is 5.52 Å². The summed E-state index contributed by atoms with van der Waals surface area (Å²) in [6.45, 7) is 0. The second-order valence-electron chi connectivity index (χ2n) is 2.98. The number of fused-ring (bicyclic) bond motifs is 1. The van der Waals surface area contributed by atoms with Gasteiger partial charge in [0, 0.05) is 17.6 Å². The Morgan fingerprint density at radius 1 is 1.47 bits per heavy atom. The first-order valence-electron chi connectivity index (χ1n) is 4.29. The molecule has 0 spiro atoms. The molecule has 1 aromatic carbocycles. The van der Waals surface area contributed by atoms with E-state index in [9.17, 15) is 10.1 Å². The van der Waals surface area contributed by atoms with Gasteiger partial charge in [-0.05, 0) is 12.1 Å². The van der Waals surface area contributed by atoms with Gasteiger partial charge in [0.2, 0.25) is 0 Å². The number of nitro groups is 1. The molecule has 0 atom stereocenters. The van der Waals surface area contributed by atoms with Gasteiger partial charge in [0.15, 0.2) is 5.75 Å². The quantitative estimate of drug-likeness (QED) is 0.555. The molecule has 0 fully saturated rings. The van der Waals surface area contributed by atoms with Crippen LogP contribution in [0.4, 0.5) is 5.69 Å². The average Bonchev–Trinajstić information content (AvgIpc) is 2.27. The Hall–Kier alpha value is -2.17. The summed E-state index contributed by atoms with van der Waals surface area (Å²) in [7, 11) is 1.41. The Bertz CT molecular complexity index is 525. The van der Waals surface area contributed by atoms with Crippen LogP contribution < -0.4 is 4.74 Å². The van der Waals surface area contributed by atoms with Crippen molar-refractivity contribution in [3.05, 3.63) is 40.6 Å². The molecule has 0 bridgehead atoms. The average molecular weight is 204 g/mol. The maximum absolute atomic E-state index is 10.7. The third-order valence-corrected chi connectivity index (χ3v) is 2.10. The number of benzene rings is 1. The topological polar surface area (TPSA) is 65.3 Å². The molecule has 0 saturated carbocycles. The molecule has 15 heavy (non-hydrogen) atoms. The Balaban J connectivity index is 2.74. The Morgan fingerprint density at radius 2 is 2.27 bits per heavy atom. The van der Waals surface area contributed by atoms with E-state index in [1.165, 1.54) is 13.2 Å². The number of aromatic nitrogens is 1. The lowest BCUT2D eigenvalue weighted by molar-refractivity contribution is -0.385. The van der Waals surface area contributed by atoms with Crippen molar-refractivity contribution in [3.63, 3.8) is 0 Å². The zero-order chi connectivity index (χ0) is 10.8. The molecule has 2 aromatic rings. The second kappa shape index (κ2) is 3.53. The molecule has 0 saturated heterocycles. The highest BCUT2D eigenvalue weighted by Gasteiger charge is 2.15. The van der Waals surface area contributed by atoms with Gasteiger partial charge in [-0.1, -0.05) is 6.07 Å². The molecule has 0 unspecified atom stereocenters. The summed E-state index contributed by atoms with van der Waals surface area (Å²) >= 11 is 0. The van der Waals surface area contributed by atoms with Gasteiger partial charge >= 0.3 is 5.69 Å². The number of nitro benzene ring substituents is 1. The molecule has 5 nitrogen and oxygen atoms in total. The van der Waals surface area contributed by atoms with Gasteiger partial charge in [-0.2, -0.15) is 0 Å². The van der Waals surface area contributed by atoms with Crippen LogP contribution in [0.15, 0.2) is 30.5 Å². The van der Waals surface area contributed by atoms with Gasteiger partial charge in [0.05, 0.1) is 17.5 Å². The van der Waals surface area contributed by atoms with Crippen LogP contribution in [0.1, 0.15) is 0 Å². The summed E-state index contributed by atoms with van der Waals surface area (Å²) < 4.78 is 4.95. The van der Waals surface area contributed by atoms with Gasteiger partial charge in [-0.15, -0.1) is 0 Å². The molecule has 1 aromatic heterocycles. The monoisotopic (exact) mass is 204 g/mol. The van der Waals surface area contributed by atoms with Crippen molar-refractivity contribution in [1.82, 2.24) is 4.98 Å². The standard InChI is InChI=1S/C10H8N2O3/c1-15-10-5-7-3-2-4-11-8(7)6-9(10)12(13)14/h2-6H,1H3. The summed E-state index contributed by atoms with van der Waals surface area (Å²) in [6, 6.07) is 6.62. The van der Waals surface area contributed by atoms with Crippen LogP contribution in [0.3, 0.4) is 0 Å². The maximum atomic E-state index is 10.7. The number of hydrogen-bond donors (Lipinski definition) is 0. The Labute approximate surface area is 85.5 Å². The van der Waals surface area contributed by atoms with Crippen molar-refractivity contribution in [2.45, 2.75) is 0 Å². The van der Waals surface area contributed by atoms with E-state index in [1.54, 1.807) is 18.3 Å². The first-order valence-corrected chi connectivity index (χ1v) is 4.29. The summed E-state index contributed by atoms with van der Waals surface area (Å²) in [5.74, 6) is 0.250. The normalized spacial score (nSPS) is 10.2. The molecule has 0 aliphatic carbocycles. The summed E-state index contributed by atoms with van der Waals surface area (Å²) in [4.78, 5) is 14.3. The molecule has 2 rings (SSSR count). The zero-order valence-electron chi connectivity index (χ0n) is 8.01. The predicted molar refractivity (Wildman–Crippen MR) is 54.9 cm³/mol. The largest absolute Gasteiger partial charge is 0.490 e. The highest BCUT2D eigenvalue weighted by molar-refractivity contribution is 5.83. The smallest absolute Gasteiger partial charge is 0.313 e. The highest BCUT2D eigenvalue weighted by Crippen LogP contribution is 2.30. The predicted octanol–water partition coefficient (Wildman–Crippen LogP) is 2.15. The summed E-state index contributed by atoms with van der Waals surface area (Å²) in [5.41, 5.74) is 0.522. The minimum absolute atomic E-state index is 0.0660. The molecule has 76 valence electrons. The molecule has 0 aliphatic rings. The van der Waals surface area contributed by atoms with Crippen LogP contribution >= 0.6 is 0 Å². The van der Waals surface area contributed by atoms with Gasteiger partial charge in [-0.3, -0.25) is 15.1 Å². The van der Waals surface area contributed by atoms with Crippen molar-refractivity contribution in [1.29, 1.82) is 0 Å². The van der Waals surface area contributed by atoms with Gasteiger partial charge in [-0.25, -0.2) is 0 Å². The van der Waals surface area contributed by atoms with Gasteiger partial charge in [0.25, 0.3) is 0 Å². The molecule has 1 heterocycles. The fourth-order valence-corrected chi connectivity index (χ4v) is 1.39. The van der Waals surface area contributed by atoms with Gasteiger partial charge in [0.1, 0.15) is 0 Å². The third-order valence-electron chi connectivity index (χ3n) is 2.10. The van der Waals surface area contributed by atoms with Crippen LogP contribution in [-0.2, 0) is 0 Å². The van der Waals surface area contributed by atoms with E-state index < -0.39 is 4.92 Å². The molecule has 0 amide bonds.